The van der Waals surface area contributed by atoms with Crippen LogP contribution in [0.1, 0.15) is 58.8 Å². The highest BCUT2D eigenvalue weighted by Gasteiger charge is 1.99. The van der Waals surface area contributed by atoms with E-state index in [2.05, 4.69) is 23.5 Å². The number of carbonyl (C=O) groups is 2. The third-order valence-electron chi connectivity index (χ3n) is 2.52. The average molecular weight is 268 g/mol. The maximum atomic E-state index is 11.1. The SMILES string of the molecule is CCCCCCCCCOC(=O)C#CC(=O)OCC. The van der Waals surface area contributed by atoms with Crippen molar-refractivity contribution >= 4 is 11.9 Å². The van der Waals surface area contributed by atoms with Crippen LogP contribution in [0.4, 0.5) is 0 Å². The van der Waals surface area contributed by atoms with E-state index in [1.54, 1.807) is 6.92 Å². The molecule has 0 aromatic rings. The molecule has 0 aliphatic rings. The first-order valence-electron chi connectivity index (χ1n) is 7.06. The van der Waals surface area contributed by atoms with Crippen LogP contribution in [0.25, 0.3) is 0 Å². The zero-order chi connectivity index (χ0) is 14.3. The van der Waals surface area contributed by atoms with Crippen molar-refractivity contribution in [1.29, 1.82) is 0 Å². The van der Waals surface area contributed by atoms with Crippen molar-refractivity contribution in [2.24, 2.45) is 0 Å². The summed E-state index contributed by atoms with van der Waals surface area (Å²) < 4.78 is 9.44. The molecule has 108 valence electrons. The summed E-state index contributed by atoms with van der Waals surface area (Å²) in [5.74, 6) is 2.81. The van der Waals surface area contributed by atoms with E-state index >= 15 is 0 Å². The molecule has 0 aromatic carbocycles. The van der Waals surface area contributed by atoms with Gasteiger partial charge >= 0.3 is 11.9 Å². The summed E-state index contributed by atoms with van der Waals surface area (Å²) in [6, 6.07) is 0. The highest BCUT2D eigenvalue weighted by molar-refractivity contribution is 5.98. The Kier molecular flexibility index (Phi) is 11.9. The third kappa shape index (κ3) is 12.7. The molecule has 0 N–H and O–H groups in total. The van der Waals surface area contributed by atoms with Crippen LogP contribution in [-0.4, -0.2) is 25.2 Å². The van der Waals surface area contributed by atoms with Gasteiger partial charge in [0.2, 0.25) is 0 Å². The highest BCUT2D eigenvalue weighted by atomic mass is 16.5. The van der Waals surface area contributed by atoms with Gasteiger partial charge in [0.15, 0.2) is 0 Å². The Morgan fingerprint density at radius 1 is 0.789 bits per heavy atom. The molecule has 0 unspecified atom stereocenters. The van der Waals surface area contributed by atoms with Crippen LogP contribution < -0.4 is 0 Å². The van der Waals surface area contributed by atoms with Crippen molar-refractivity contribution in [2.75, 3.05) is 13.2 Å². The Bertz CT molecular complexity index is 312. The molecule has 0 saturated carbocycles. The lowest BCUT2D eigenvalue weighted by Crippen LogP contribution is -2.05. The van der Waals surface area contributed by atoms with Crippen molar-refractivity contribution < 1.29 is 19.1 Å². The van der Waals surface area contributed by atoms with Gasteiger partial charge in [-0.1, -0.05) is 45.4 Å². The first-order chi connectivity index (χ1) is 9.20. The summed E-state index contributed by atoms with van der Waals surface area (Å²) >= 11 is 0. The van der Waals surface area contributed by atoms with Crippen molar-refractivity contribution in [1.82, 2.24) is 0 Å². The molecule has 0 fully saturated rings. The Morgan fingerprint density at radius 2 is 1.32 bits per heavy atom. The Hall–Kier alpha value is -1.50. The number of esters is 2. The zero-order valence-electron chi connectivity index (χ0n) is 12.0. The lowest BCUT2D eigenvalue weighted by atomic mass is 10.1. The van der Waals surface area contributed by atoms with Gasteiger partial charge in [0.05, 0.1) is 13.2 Å². The van der Waals surface area contributed by atoms with Gasteiger partial charge in [0.25, 0.3) is 0 Å². The van der Waals surface area contributed by atoms with Crippen LogP contribution in [0.2, 0.25) is 0 Å². The highest BCUT2D eigenvalue weighted by Crippen LogP contribution is 2.06. The average Bonchev–Trinajstić information content (AvgIpc) is 2.40. The maximum Gasteiger partial charge on any atom is 0.384 e. The summed E-state index contributed by atoms with van der Waals surface area (Å²) in [6.45, 7) is 4.49. The Balaban J connectivity index is 3.46. The van der Waals surface area contributed by atoms with Gasteiger partial charge in [-0.2, -0.15) is 0 Å². The monoisotopic (exact) mass is 268 g/mol. The molecule has 0 amide bonds. The predicted molar refractivity (Wildman–Crippen MR) is 73.4 cm³/mol. The standard InChI is InChI=1S/C15H24O4/c1-3-5-6-7-8-9-10-13-19-15(17)12-11-14(16)18-4-2/h3-10,13H2,1-2H3. The van der Waals surface area contributed by atoms with Crippen LogP contribution in [0.5, 0.6) is 0 Å². The molecule has 0 spiro atoms. The molecule has 4 heteroatoms. The molecule has 0 rings (SSSR count). The van der Waals surface area contributed by atoms with Gasteiger partial charge in [0.1, 0.15) is 0 Å². The molecule has 0 aliphatic carbocycles. The Labute approximate surface area is 115 Å². The summed E-state index contributed by atoms with van der Waals surface area (Å²) in [7, 11) is 0. The molecular weight excluding hydrogens is 244 g/mol. The van der Waals surface area contributed by atoms with Crippen LogP contribution >= 0.6 is 0 Å². The number of hydrogen-bond acceptors (Lipinski definition) is 4. The maximum absolute atomic E-state index is 11.1. The van der Waals surface area contributed by atoms with Gasteiger partial charge in [-0.25, -0.2) is 9.59 Å². The summed E-state index contributed by atoms with van der Waals surface area (Å²) in [6.07, 6.45) is 8.13. The van der Waals surface area contributed by atoms with Crippen LogP contribution in [0.15, 0.2) is 0 Å². The fraction of sp³-hybridized carbons (Fsp3) is 0.733. The van der Waals surface area contributed by atoms with Crippen LogP contribution in [0, 0.1) is 11.8 Å². The van der Waals surface area contributed by atoms with Gasteiger partial charge in [-0.05, 0) is 13.3 Å². The minimum atomic E-state index is -0.699. The van der Waals surface area contributed by atoms with E-state index in [1.165, 1.54) is 32.1 Å². The molecule has 0 heterocycles. The molecule has 0 saturated heterocycles. The first-order valence-corrected chi connectivity index (χ1v) is 7.06. The predicted octanol–water partition coefficient (Wildman–Crippen LogP) is 2.85. The molecule has 4 nitrogen and oxygen atoms in total. The second kappa shape index (κ2) is 12.9. The molecule has 19 heavy (non-hydrogen) atoms. The van der Waals surface area contributed by atoms with Crippen molar-refractivity contribution in [3.8, 4) is 11.8 Å². The molecule has 0 aliphatic heterocycles. The second-order valence-corrected chi connectivity index (χ2v) is 4.23. The number of carbonyl (C=O) groups excluding carboxylic acids is 2. The summed E-state index contributed by atoms with van der Waals surface area (Å²) in [5.41, 5.74) is 0. The fourth-order valence-electron chi connectivity index (χ4n) is 1.53. The van der Waals surface area contributed by atoms with Crippen LogP contribution in [0.3, 0.4) is 0 Å². The fourth-order valence-corrected chi connectivity index (χ4v) is 1.53. The normalized spacial score (nSPS) is 9.37. The number of unbranched alkanes of at least 4 members (excludes halogenated alkanes) is 6. The van der Waals surface area contributed by atoms with E-state index in [1.807, 2.05) is 0 Å². The van der Waals surface area contributed by atoms with Crippen molar-refractivity contribution in [3.63, 3.8) is 0 Å². The topological polar surface area (TPSA) is 52.6 Å². The lowest BCUT2D eigenvalue weighted by molar-refractivity contribution is -0.138. The number of rotatable bonds is 9. The van der Waals surface area contributed by atoms with E-state index in [0.29, 0.717) is 6.61 Å². The number of ether oxygens (including phenoxy) is 2. The largest absolute Gasteiger partial charge is 0.456 e. The van der Waals surface area contributed by atoms with E-state index < -0.39 is 11.9 Å². The summed E-state index contributed by atoms with van der Waals surface area (Å²) in [5, 5.41) is 0. The first kappa shape index (κ1) is 17.5. The van der Waals surface area contributed by atoms with Gasteiger partial charge in [0, 0.05) is 11.8 Å². The minimum absolute atomic E-state index is 0.251. The molecule has 0 bridgehead atoms. The van der Waals surface area contributed by atoms with Gasteiger partial charge in [-0.3, -0.25) is 0 Å². The molecule has 0 radical (unpaired) electrons. The second-order valence-electron chi connectivity index (χ2n) is 4.23. The molecular formula is C15H24O4. The van der Waals surface area contributed by atoms with Crippen molar-refractivity contribution in [3.05, 3.63) is 0 Å². The van der Waals surface area contributed by atoms with E-state index in [4.69, 9.17) is 4.74 Å². The molecule has 0 aromatic heterocycles. The smallest absolute Gasteiger partial charge is 0.384 e. The van der Waals surface area contributed by atoms with E-state index in [-0.39, 0.29) is 6.61 Å². The van der Waals surface area contributed by atoms with E-state index in [9.17, 15) is 9.59 Å². The molecule has 0 atom stereocenters. The van der Waals surface area contributed by atoms with Crippen molar-refractivity contribution in [2.45, 2.75) is 58.8 Å². The third-order valence-corrected chi connectivity index (χ3v) is 2.52. The minimum Gasteiger partial charge on any atom is -0.456 e. The van der Waals surface area contributed by atoms with Gasteiger partial charge < -0.3 is 9.47 Å². The lowest BCUT2D eigenvalue weighted by Gasteiger charge is -2.01. The zero-order valence-corrected chi connectivity index (χ0v) is 12.0. The van der Waals surface area contributed by atoms with Gasteiger partial charge in [-0.15, -0.1) is 0 Å². The van der Waals surface area contributed by atoms with Crippen LogP contribution in [-0.2, 0) is 19.1 Å². The van der Waals surface area contributed by atoms with E-state index in [0.717, 1.165) is 12.8 Å². The Morgan fingerprint density at radius 3 is 1.89 bits per heavy atom. The quantitative estimate of drug-likeness (QED) is 0.279. The summed E-state index contributed by atoms with van der Waals surface area (Å²) in [4.78, 5) is 22.0. The number of hydrogen-bond donors (Lipinski definition) is 0.